The molecule has 2 aromatic heterocycles. The molecule has 0 fully saturated rings. The minimum Gasteiger partial charge on any atom is -0.246 e. The Bertz CT molecular complexity index is 1000. The van der Waals surface area contributed by atoms with E-state index < -0.39 is 28.9 Å². The number of halogens is 6. The third kappa shape index (κ3) is 3.11. The summed E-state index contributed by atoms with van der Waals surface area (Å²) in [5.74, 6) is -2.95. The quantitative estimate of drug-likeness (QED) is 0.459. The highest BCUT2D eigenvalue weighted by Crippen LogP contribution is 2.36. The molecule has 130 valence electrons. The summed E-state index contributed by atoms with van der Waals surface area (Å²) in [4.78, 5) is 16.0. The molecule has 2 heterocycles. The molecule has 0 atom stereocenters. The Morgan fingerprint density at radius 2 is 1.52 bits per heavy atom. The highest BCUT2D eigenvalue weighted by Gasteiger charge is 2.35. The van der Waals surface area contributed by atoms with Crippen molar-refractivity contribution >= 4 is 22.8 Å². The lowest BCUT2D eigenvalue weighted by Crippen LogP contribution is -2.10. The summed E-state index contributed by atoms with van der Waals surface area (Å²) in [7, 11) is 0. The van der Waals surface area contributed by atoms with Gasteiger partial charge in [-0.25, -0.2) is 23.7 Å². The molecule has 1 aromatic carbocycles. The van der Waals surface area contributed by atoms with Crippen molar-refractivity contribution in [3.05, 3.63) is 46.0 Å². The fourth-order valence-electron chi connectivity index (χ4n) is 2.22. The standard InChI is InChI=1S/C15H8ClF5N4/c1-5-6(2)23-13-12(22-5)11(24-14(16)25-13)7-3-10(18)8(4-9(7)17)15(19,20)21/h3-4H,1-2H3. The van der Waals surface area contributed by atoms with Crippen molar-refractivity contribution in [2.24, 2.45) is 0 Å². The molecule has 3 rings (SSSR count). The number of nitrogens with zero attached hydrogens (tertiary/aromatic N) is 4. The van der Waals surface area contributed by atoms with Crippen molar-refractivity contribution < 1.29 is 22.0 Å². The number of aryl methyl sites for hydroxylation is 2. The molecule has 0 saturated heterocycles. The topological polar surface area (TPSA) is 51.6 Å². The van der Waals surface area contributed by atoms with E-state index in [1.807, 2.05) is 0 Å². The monoisotopic (exact) mass is 374 g/mol. The van der Waals surface area contributed by atoms with Crippen LogP contribution in [0.2, 0.25) is 5.28 Å². The Kier molecular flexibility index (Phi) is 4.06. The maximum absolute atomic E-state index is 14.3. The lowest BCUT2D eigenvalue weighted by Gasteiger charge is -2.12. The Hall–Kier alpha value is -2.42. The predicted octanol–water partition coefficient (Wildman–Crippen LogP) is 4.65. The molecule has 0 spiro atoms. The molecule has 0 aliphatic rings. The highest BCUT2D eigenvalue weighted by molar-refractivity contribution is 6.28. The Labute approximate surface area is 142 Å². The zero-order valence-electron chi connectivity index (χ0n) is 12.7. The number of aromatic nitrogens is 4. The van der Waals surface area contributed by atoms with E-state index in [4.69, 9.17) is 11.6 Å². The fourth-order valence-corrected chi connectivity index (χ4v) is 2.38. The minimum absolute atomic E-state index is 0.00515. The van der Waals surface area contributed by atoms with Crippen molar-refractivity contribution in [3.63, 3.8) is 0 Å². The first-order valence-electron chi connectivity index (χ1n) is 6.83. The van der Waals surface area contributed by atoms with E-state index in [0.29, 0.717) is 17.5 Å². The van der Waals surface area contributed by atoms with Crippen LogP contribution >= 0.6 is 11.6 Å². The summed E-state index contributed by atoms with van der Waals surface area (Å²) >= 11 is 5.78. The lowest BCUT2D eigenvalue weighted by molar-refractivity contribution is -0.140. The number of hydrogen-bond acceptors (Lipinski definition) is 4. The second kappa shape index (κ2) is 5.83. The van der Waals surface area contributed by atoms with Crippen LogP contribution in [0.4, 0.5) is 22.0 Å². The first kappa shape index (κ1) is 17.4. The predicted molar refractivity (Wildman–Crippen MR) is 80.0 cm³/mol. The van der Waals surface area contributed by atoms with Gasteiger partial charge in [0.05, 0.1) is 17.0 Å². The number of alkyl halides is 3. The van der Waals surface area contributed by atoms with Gasteiger partial charge in [0.25, 0.3) is 0 Å². The van der Waals surface area contributed by atoms with Crippen LogP contribution in [0.25, 0.3) is 22.4 Å². The first-order chi connectivity index (χ1) is 11.6. The normalized spacial score (nSPS) is 12.0. The van der Waals surface area contributed by atoms with E-state index in [2.05, 4.69) is 19.9 Å². The molecule has 4 nitrogen and oxygen atoms in total. The molecular formula is C15H8ClF5N4. The summed E-state index contributed by atoms with van der Waals surface area (Å²) in [6.07, 6.45) is -5.03. The van der Waals surface area contributed by atoms with E-state index in [0.717, 1.165) is 0 Å². The van der Waals surface area contributed by atoms with Gasteiger partial charge in [-0.1, -0.05) is 0 Å². The third-order valence-electron chi connectivity index (χ3n) is 3.53. The number of benzene rings is 1. The molecule has 0 aliphatic heterocycles. The zero-order chi connectivity index (χ0) is 18.5. The van der Waals surface area contributed by atoms with Gasteiger partial charge in [0.15, 0.2) is 5.65 Å². The van der Waals surface area contributed by atoms with Crippen molar-refractivity contribution in [3.8, 4) is 11.3 Å². The molecule has 0 radical (unpaired) electrons. The van der Waals surface area contributed by atoms with Crippen molar-refractivity contribution in [2.75, 3.05) is 0 Å². The maximum atomic E-state index is 14.3. The van der Waals surface area contributed by atoms with Gasteiger partial charge in [-0.05, 0) is 37.6 Å². The van der Waals surface area contributed by atoms with Crippen LogP contribution in [0.1, 0.15) is 17.0 Å². The molecule has 0 saturated carbocycles. The van der Waals surface area contributed by atoms with Crippen LogP contribution in [0.15, 0.2) is 12.1 Å². The zero-order valence-corrected chi connectivity index (χ0v) is 13.5. The summed E-state index contributed by atoms with van der Waals surface area (Å²) in [6, 6.07) is 0.480. The second-order valence-corrected chi connectivity index (χ2v) is 5.56. The van der Waals surface area contributed by atoms with E-state index in [9.17, 15) is 22.0 Å². The Morgan fingerprint density at radius 1 is 0.880 bits per heavy atom. The average molecular weight is 375 g/mol. The van der Waals surface area contributed by atoms with Crippen molar-refractivity contribution in [2.45, 2.75) is 20.0 Å². The lowest BCUT2D eigenvalue weighted by atomic mass is 10.1. The van der Waals surface area contributed by atoms with Crippen LogP contribution in [-0.4, -0.2) is 19.9 Å². The largest absolute Gasteiger partial charge is 0.419 e. The summed E-state index contributed by atoms with van der Waals surface area (Å²) in [5, 5.41) is -0.320. The third-order valence-corrected chi connectivity index (χ3v) is 3.70. The Balaban J connectivity index is 2.34. The van der Waals surface area contributed by atoms with E-state index >= 15 is 0 Å². The van der Waals surface area contributed by atoms with Crippen LogP contribution in [-0.2, 0) is 6.18 Å². The van der Waals surface area contributed by atoms with Gasteiger partial charge < -0.3 is 0 Å². The van der Waals surface area contributed by atoms with Gasteiger partial charge in [-0.15, -0.1) is 0 Å². The SMILES string of the molecule is Cc1nc2nc(Cl)nc(-c3cc(F)c(C(F)(F)F)cc3F)c2nc1C. The van der Waals surface area contributed by atoms with Crippen LogP contribution in [0.3, 0.4) is 0 Å². The van der Waals surface area contributed by atoms with E-state index in [-0.39, 0.29) is 28.2 Å². The van der Waals surface area contributed by atoms with Gasteiger partial charge in [0, 0.05) is 5.56 Å². The molecule has 0 aliphatic carbocycles. The molecule has 0 N–H and O–H groups in total. The van der Waals surface area contributed by atoms with Crippen LogP contribution in [0.5, 0.6) is 0 Å². The minimum atomic E-state index is -5.03. The number of rotatable bonds is 1. The summed E-state index contributed by atoms with van der Waals surface area (Å²) in [6.45, 7) is 3.29. The average Bonchev–Trinajstić information content (AvgIpc) is 2.49. The molecule has 0 bridgehead atoms. The van der Waals surface area contributed by atoms with E-state index in [1.165, 1.54) is 0 Å². The fraction of sp³-hybridized carbons (Fsp3) is 0.200. The van der Waals surface area contributed by atoms with Crippen LogP contribution in [0, 0.1) is 25.5 Å². The molecule has 3 aromatic rings. The smallest absolute Gasteiger partial charge is 0.246 e. The van der Waals surface area contributed by atoms with E-state index in [1.54, 1.807) is 13.8 Å². The molecule has 10 heteroatoms. The van der Waals surface area contributed by atoms with Gasteiger partial charge in [-0.3, -0.25) is 0 Å². The maximum Gasteiger partial charge on any atom is 0.419 e. The molecular weight excluding hydrogens is 367 g/mol. The van der Waals surface area contributed by atoms with Crippen LogP contribution < -0.4 is 0 Å². The van der Waals surface area contributed by atoms with Crippen molar-refractivity contribution in [1.29, 1.82) is 0 Å². The Morgan fingerprint density at radius 3 is 2.16 bits per heavy atom. The first-order valence-corrected chi connectivity index (χ1v) is 7.21. The van der Waals surface area contributed by atoms with Gasteiger partial charge in [0.2, 0.25) is 5.28 Å². The highest BCUT2D eigenvalue weighted by atomic mass is 35.5. The van der Waals surface area contributed by atoms with Gasteiger partial charge in [-0.2, -0.15) is 18.2 Å². The summed E-state index contributed by atoms with van der Waals surface area (Å²) in [5.41, 5.74) is -1.42. The number of hydrogen-bond donors (Lipinski definition) is 0. The molecule has 0 unspecified atom stereocenters. The molecule has 25 heavy (non-hydrogen) atoms. The molecule has 0 amide bonds. The number of fused-ring (bicyclic) bond motifs is 1. The summed E-state index contributed by atoms with van der Waals surface area (Å²) < 4.78 is 66.2. The second-order valence-electron chi connectivity index (χ2n) is 5.22. The van der Waals surface area contributed by atoms with Crippen molar-refractivity contribution in [1.82, 2.24) is 19.9 Å². The van der Waals surface area contributed by atoms with Gasteiger partial charge >= 0.3 is 6.18 Å². The van der Waals surface area contributed by atoms with Gasteiger partial charge in [0.1, 0.15) is 22.8 Å².